The molecule has 0 unspecified atom stereocenters. The molecule has 0 bridgehead atoms. The number of carbonyl (C=O) groups is 2. The molecule has 1 aromatic carbocycles. The average molecular weight is 289 g/mol. The maximum atomic E-state index is 12.1. The van der Waals surface area contributed by atoms with E-state index in [1.54, 1.807) is 11.0 Å². The maximum absolute atomic E-state index is 12.1. The summed E-state index contributed by atoms with van der Waals surface area (Å²) in [6.07, 6.45) is 4.43. The Morgan fingerprint density at radius 3 is 2.81 bits per heavy atom. The van der Waals surface area contributed by atoms with Crippen molar-refractivity contribution in [1.29, 1.82) is 0 Å². The summed E-state index contributed by atoms with van der Waals surface area (Å²) in [6, 6.07) is 9.44. The highest BCUT2D eigenvalue weighted by Gasteiger charge is 2.28. The molecule has 21 heavy (non-hydrogen) atoms. The van der Waals surface area contributed by atoms with Crippen LogP contribution >= 0.6 is 0 Å². The molecule has 1 heterocycles. The highest BCUT2D eigenvalue weighted by Crippen LogP contribution is 2.19. The standard InChI is InChI=1S/C16H19NO4/c1-20-15(18)10-9-14-8-5-11-17(14)16(19)21-12-13-6-3-2-4-7-13/h2-4,6-7,9-10,14H,5,8,11-12H2,1H3/t14-/m0/s1. The van der Waals surface area contributed by atoms with E-state index in [1.807, 2.05) is 30.3 Å². The van der Waals surface area contributed by atoms with Crippen molar-refractivity contribution in [2.75, 3.05) is 13.7 Å². The molecule has 1 aromatic rings. The van der Waals surface area contributed by atoms with Crippen molar-refractivity contribution in [3.8, 4) is 0 Å². The minimum absolute atomic E-state index is 0.104. The predicted molar refractivity (Wildman–Crippen MR) is 77.5 cm³/mol. The lowest BCUT2D eigenvalue weighted by molar-refractivity contribution is -0.134. The van der Waals surface area contributed by atoms with E-state index in [0.717, 1.165) is 18.4 Å². The highest BCUT2D eigenvalue weighted by atomic mass is 16.6. The molecule has 2 rings (SSSR count). The van der Waals surface area contributed by atoms with Crippen LogP contribution in [-0.2, 0) is 20.9 Å². The van der Waals surface area contributed by atoms with Crippen molar-refractivity contribution in [2.24, 2.45) is 0 Å². The van der Waals surface area contributed by atoms with Crippen molar-refractivity contribution in [3.05, 3.63) is 48.0 Å². The van der Waals surface area contributed by atoms with Crippen molar-refractivity contribution >= 4 is 12.1 Å². The lowest BCUT2D eigenvalue weighted by atomic mass is 10.2. The fourth-order valence-electron chi connectivity index (χ4n) is 2.28. The maximum Gasteiger partial charge on any atom is 0.410 e. The number of methoxy groups -OCH3 is 1. The molecule has 112 valence electrons. The van der Waals surface area contributed by atoms with Crippen LogP contribution in [0.1, 0.15) is 18.4 Å². The fourth-order valence-corrected chi connectivity index (χ4v) is 2.28. The molecule has 1 aliphatic rings. The van der Waals surface area contributed by atoms with Gasteiger partial charge in [0.15, 0.2) is 0 Å². The minimum atomic E-state index is -0.417. The lowest BCUT2D eigenvalue weighted by Crippen LogP contribution is -2.34. The zero-order chi connectivity index (χ0) is 15.1. The largest absolute Gasteiger partial charge is 0.466 e. The molecule has 0 aliphatic carbocycles. The third kappa shape index (κ3) is 4.34. The van der Waals surface area contributed by atoms with Crippen molar-refractivity contribution in [3.63, 3.8) is 0 Å². The van der Waals surface area contributed by atoms with Gasteiger partial charge >= 0.3 is 12.1 Å². The Labute approximate surface area is 124 Å². The Morgan fingerprint density at radius 2 is 2.10 bits per heavy atom. The summed E-state index contributed by atoms with van der Waals surface area (Å²) in [4.78, 5) is 24.9. The summed E-state index contributed by atoms with van der Waals surface area (Å²) in [7, 11) is 1.33. The van der Waals surface area contributed by atoms with E-state index in [0.29, 0.717) is 6.54 Å². The SMILES string of the molecule is COC(=O)C=C[C@@H]1CCCN1C(=O)OCc1ccccc1. The van der Waals surface area contributed by atoms with E-state index < -0.39 is 5.97 Å². The van der Waals surface area contributed by atoms with Gasteiger partial charge in [0, 0.05) is 12.6 Å². The van der Waals surface area contributed by atoms with Crippen LogP contribution in [0.4, 0.5) is 4.79 Å². The number of likely N-dealkylation sites (tertiary alicyclic amines) is 1. The number of nitrogens with zero attached hydrogens (tertiary/aromatic N) is 1. The van der Waals surface area contributed by atoms with Crippen molar-refractivity contribution < 1.29 is 19.1 Å². The van der Waals surface area contributed by atoms with Gasteiger partial charge < -0.3 is 14.4 Å². The third-order valence-corrected chi connectivity index (χ3v) is 3.39. The Morgan fingerprint density at radius 1 is 1.33 bits per heavy atom. The molecule has 0 saturated carbocycles. The van der Waals surface area contributed by atoms with Gasteiger partial charge in [0.05, 0.1) is 13.2 Å². The van der Waals surface area contributed by atoms with Gasteiger partial charge in [-0.1, -0.05) is 36.4 Å². The number of rotatable bonds is 4. The molecule has 5 heteroatoms. The van der Waals surface area contributed by atoms with E-state index in [2.05, 4.69) is 4.74 Å². The highest BCUT2D eigenvalue weighted by molar-refractivity contribution is 5.82. The van der Waals surface area contributed by atoms with Crippen LogP contribution in [0, 0.1) is 0 Å². The molecule has 1 aliphatic heterocycles. The first-order valence-electron chi connectivity index (χ1n) is 6.94. The first kappa shape index (κ1) is 15.1. The van der Waals surface area contributed by atoms with E-state index in [4.69, 9.17) is 4.74 Å². The number of amides is 1. The molecule has 1 saturated heterocycles. The Hall–Kier alpha value is -2.30. The van der Waals surface area contributed by atoms with Gasteiger partial charge in [0.2, 0.25) is 0 Å². The van der Waals surface area contributed by atoms with Gasteiger partial charge in [0.25, 0.3) is 0 Å². The van der Waals surface area contributed by atoms with Crippen LogP contribution in [0.5, 0.6) is 0 Å². The van der Waals surface area contributed by atoms with Crippen LogP contribution in [0.2, 0.25) is 0 Å². The van der Waals surface area contributed by atoms with Gasteiger partial charge in [0.1, 0.15) is 6.61 Å². The molecule has 0 aromatic heterocycles. The van der Waals surface area contributed by atoms with E-state index in [-0.39, 0.29) is 18.7 Å². The minimum Gasteiger partial charge on any atom is -0.466 e. The topological polar surface area (TPSA) is 55.8 Å². The van der Waals surface area contributed by atoms with E-state index >= 15 is 0 Å². The predicted octanol–water partition coefficient (Wildman–Crippen LogP) is 2.52. The second-order valence-corrected chi connectivity index (χ2v) is 4.83. The summed E-state index contributed by atoms with van der Waals surface area (Å²) >= 11 is 0. The number of hydrogen-bond donors (Lipinski definition) is 0. The van der Waals surface area contributed by atoms with E-state index in [9.17, 15) is 9.59 Å². The summed E-state index contributed by atoms with van der Waals surface area (Å²) in [6.45, 7) is 0.896. The lowest BCUT2D eigenvalue weighted by Gasteiger charge is -2.21. The summed E-state index contributed by atoms with van der Waals surface area (Å²) < 4.78 is 9.86. The van der Waals surface area contributed by atoms with Crippen LogP contribution in [0.25, 0.3) is 0 Å². The molecule has 1 fully saturated rings. The normalized spacial score (nSPS) is 18.0. The van der Waals surface area contributed by atoms with Crippen LogP contribution in [-0.4, -0.2) is 36.7 Å². The number of ether oxygens (including phenoxy) is 2. The molecule has 1 amide bonds. The zero-order valence-electron chi connectivity index (χ0n) is 12.0. The number of hydrogen-bond acceptors (Lipinski definition) is 4. The Balaban J connectivity index is 1.88. The first-order valence-corrected chi connectivity index (χ1v) is 6.94. The number of esters is 1. The van der Waals surface area contributed by atoms with Gasteiger partial charge in [-0.25, -0.2) is 9.59 Å². The Kier molecular flexibility index (Phi) is 5.37. The van der Waals surface area contributed by atoms with Gasteiger partial charge in [-0.3, -0.25) is 0 Å². The molecular formula is C16H19NO4. The van der Waals surface area contributed by atoms with Crippen molar-refractivity contribution in [2.45, 2.75) is 25.5 Å². The number of benzene rings is 1. The summed E-state index contributed by atoms with van der Waals surface area (Å²) in [5.41, 5.74) is 0.951. The van der Waals surface area contributed by atoms with Crippen LogP contribution < -0.4 is 0 Å². The monoisotopic (exact) mass is 289 g/mol. The van der Waals surface area contributed by atoms with Gasteiger partial charge in [-0.15, -0.1) is 0 Å². The zero-order valence-corrected chi connectivity index (χ0v) is 12.0. The first-order chi connectivity index (χ1) is 10.2. The second-order valence-electron chi connectivity index (χ2n) is 4.83. The van der Waals surface area contributed by atoms with E-state index in [1.165, 1.54) is 13.2 Å². The fraction of sp³-hybridized carbons (Fsp3) is 0.375. The summed E-state index contributed by atoms with van der Waals surface area (Å²) in [5.74, 6) is -0.417. The number of carbonyl (C=O) groups excluding carboxylic acids is 2. The second kappa shape index (κ2) is 7.47. The molecule has 0 N–H and O–H groups in total. The van der Waals surface area contributed by atoms with Crippen LogP contribution in [0.15, 0.2) is 42.5 Å². The molecule has 1 atom stereocenters. The molecular weight excluding hydrogens is 270 g/mol. The van der Waals surface area contributed by atoms with Gasteiger partial charge in [-0.05, 0) is 18.4 Å². The smallest absolute Gasteiger partial charge is 0.410 e. The molecule has 5 nitrogen and oxygen atoms in total. The van der Waals surface area contributed by atoms with Crippen molar-refractivity contribution in [1.82, 2.24) is 4.90 Å². The third-order valence-electron chi connectivity index (χ3n) is 3.39. The van der Waals surface area contributed by atoms with Gasteiger partial charge in [-0.2, -0.15) is 0 Å². The Bertz CT molecular complexity index is 512. The van der Waals surface area contributed by atoms with Crippen LogP contribution in [0.3, 0.4) is 0 Å². The summed E-state index contributed by atoms with van der Waals surface area (Å²) in [5, 5.41) is 0. The molecule has 0 spiro atoms. The molecule has 0 radical (unpaired) electrons. The average Bonchev–Trinajstić information content (AvgIpc) is 2.99. The quantitative estimate of drug-likeness (QED) is 0.631.